The Balaban J connectivity index is 1.61. The molecular weight excluding hydrogens is 268 g/mol. The van der Waals surface area contributed by atoms with Crippen LogP contribution >= 0.6 is 0 Å². The van der Waals surface area contributed by atoms with Gasteiger partial charge in [-0.05, 0) is 24.6 Å². The summed E-state index contributed by atoms with van der Waals surface area (Å²) in [6, 6.07) is 7.93. The van der Waals surface area contributed by atoms with Crippen molar-refractivity contribution in [3.63, 3.8) is 0 Å². The molecule has 0 saturated carbocycles. The van der Waals surface area contributed by atoms with E-state index in [1.165, 1.54) is 5.56 Å². The lowest BCUT2D eigenvalue weighted by atomic mass is 10.2. The number of anilines is 2. The Morgan fingerprint density at radius 3 is 3.10 bits per heavy atom. The second kappa shape index (κ2) is 5.66. The van der Waals surface area contributed by atoms with E-state index in [1.807, 2.05) is 31.2 Å². The predicted octanol–water partition coefficient (Wildman–Crippen LogP) is 1.73. The number of imidazole rings is 1. The van der Waals surface area contributed by atoms with Gasteiger partial charge in [0.2, 0.25) is 5.95 Å². The lowest BCUT2D eigenvalue weighted by Crippen LogP contribution is -2.13. The molecule has 3 rings (SSSR count). The molecule has 0 aliphatic heterocycles. The number of hydrogen-bond acceptors (Lipinski definition) is 6. The average molecular weight is 284 g/mol. The normalized spacial score (nSPS) is 10.7. The van der Waals surface area contributed by atoms with Crippen LogP contribution in [0.4, 0.5) is 11.8 Å². The summed E-state index contributed by atoms with van der Waals surface area (Å²) in [7, 11) is 0. The smallest absolute Gasteiger partial charge is 0.224 e. The number of rotatable bonds is 5. The van der Waals surface area contributed by atoms with Gasteiger partial charge in [0.25, 0.3) is 0 Å². The third-order valence-electron chi connectivity index (χ3n) is 2.96. The van der Waals surface area contributed by atoms with Gasteiger partial charge in [0, 0.05) is 0 Å². The summed E-state index contributed by atoms with van der Waals surface area (Å²) in [5.41, 5.74) is 8.10. The fourth-order valence-corrected chi connectivity index (χ4v) is 2.02. The quantitative estimate of drug-likeness (QED) is 0.617. The molecule has 108 valence electrons. The first kappa shape index (κ1) is 13.2. The number of aromatic nitrogens is 4. The lowest BCUT2D eigenvalue weighted by molar-refractivity contribution is 0.332. The van der Waals surface area contributed by atoms with E-state index in [1.54, 1.807) is 6.33 Å². The molecule has 2 aromatic heterocycles. The minimum Gasteiger partial charge on any atom is -0.492 e. The molecule has 7 nitrogen and oxygen atoms in total. The summed E-state index contributed by atoms with van der Waals surface area (Å²) in [6.45, 7) is 3.14. The molecule has 0 bridgehead atoms. The first-order valence-electron chi connectivity index (χ1n) is 6.62. The first-order valence-corrected chi connectivity index (χ1v) is 6.62. The minimum absolute atomic E-state index is 0.191. The molecular formula is C14H16N6O. The predicted molar refractivity (Wildman–Crippen MR) is 81.3 cm³/mol. The number of aryl methyl sites for hydroxylation is 1. The zero-order valence-corrected chi connectivity index (χ0v) is 11.6. The van der Waals surface area contributed by atoms with Crippen LogP contribution in [0.2, 0.25) is 0 Å². The largest absolute Gasteiger partial charge is 0.492 e. The number of nitrogen functional groups attached to an aromatic ring is 1. The summed E-state index contributed by atoms with van der Waals surface area (Å²) >= 11 is 0. The Hall–Kier alpha value is -2.83. The third-order valence-corrected chi connectivity index (χ3v) is 2.96. The molecule has 3 aromatic rings. The molecule has 0 unspecified atom stereocenters. The maximum absolute atomic E-state index is 5.67. The Bertz CT molecular complexity index is 754. The standard InChI is InChI=1S/C14H16N6O/c1-9-3-2-4-10(7-9)21-6-5-16-12-11-13(18-8-17-11)20-14(15)19-12/h2-4,7-8H,5-6H2,1H3,(H4,15,16,17,18,19,20). The van der Waals surface area contributed by atoms with Crippen LogP contribution < -0.4 is 15.8 Å². The van der Waals surface area contributed by atoms with Gasteiger partial charge in [-0.1, -0.05) is 12.1 Å². The van der Waals surface area contributed by atoms with Gasteiger partial charge >= 0.3 is 0 Å². The van der Waals surface area contributed by atoms with Gasteiger partial charge in [-0.25, -0.2) is 4.98 Å². The number of nitrogens with two attached hydrogens (primary N) is 1. The SMILES string of the molecule is Cc1cccc(OCCNc2nc(N)nc3nc[nH]c23)c1. The molecule has 0 fully saturated rings. The van der Waals surface area contributed by atoms with Crippen LogP contribution in [0.5, 0.6) is 5.75 Å². The first-order chi connectivity index (χ1) is 10.2. The van der Waals surface area contributed by atoms with Gasteiger partial charge in [0.05, 0.1) is 12.9 Å². The summed E-state index contributed by atoms with van der Waals surface area (Å²) in [5, 5.41) is 3.17. The topological polar surface area (TPSA) is 102 Å². The van der Waals surface area contributed by atoms with Crippen LogP contribution in [-0.4, -0.2) is 33.1 Å². The van der Waals surface area contributed by atoms with E-state index in [4.69, 9.17) is 10.5 Å². The Morgan fingerprint density at radius 2 is 2.24 bits per heavy atom. The van der Waals surface area contributed by atoms with E-state index in [2.05, 4.69) is 25.3 Å². The second-order valence-corrected chi connectivity index (χ2v) is 4.62. The highest BCUT2D eigenvalue weighted by molar-refractivity contribution is 5.83. The van der Waals surface area contributed by atoms with E-state index in [0.717, 1.165) is 11.3 Å². The second-order valence-electron chi connectivity index (χ2n) is 4.62. The van der Waals surface area contributed by atoms with Gasteiger partial charge in [-0.15, -0.1) is 0 Å². The monoisotopic (exact) mass is 284 g/mol. The molecule has 0 aliphatic rings. The van der Waals surface area contributed by atoms with Crippen LogP contribution in [0.3, 0.4) is 0 Å². The van der Waals surface area contributed by atoms with Crippen LogP contribution in [0, 0.1) is 6.92 Å². The van der Waals surface area contributed by atoms with Crippen LogP contribution in [0.15, 0.2) is 30.6 Å². The van der Waals surface area contributed by atoms with E-state index in [0.29, 0.717) is 24.6 Å². The summed E-state index contributed by atoms with van der Waals surface area (Å²) in [6.07, 6.45) is 1.56. The number of fused-ring (bicyclic) bond motifs is 1. The molecule has 0 spiro atoms. The van der Waals surface area contributed by atoms with Crippen molar-refractivity contribution in [1.82, 2.24) is 19.9 Å². The van der Waals surface area contributed by atoms with Crippen molar-refractivity contribution in [2.45, 2.75) is 6.92 Å². The van der Waals surface area contributed by atoms with Crippen molar-refractivity contribution in [3.8, 4) is 5.75 Å². The number of nitrogens with one attached hydrogen (secondary N) is 2. The highest BCUT2D eigenvalue weighted by Gasteiger charge is 2.07. The zero-order valence-electron chi connectivity index (χ0n) is 11.6. The average Bonchev–Trinajstić information content (AvgIpc) is 2.91. The molecule has 1 aromatic carbocycles. The number of benzene rings is 1. The number of nitrogens with zero attached hydrogens (tertiary/aromatic N) is 3. The highest BCUT2D eigenvalue weighted by atomic mass is 16.5. The molecule has 7 heteroatoms. The molecule has 21 heavy (non-hydrogen) atoms. The van der Waals surface area contributed by atoms with Crippen molar-refractivity contribution in [2.24, 2.45) is 0 Å². The van der Waals surface area contributed by atoms with Gasteiger partial charge in [0.1, 0.15) is 17.9 Å². The van der Waals surface area contributed by atoms with Gasteiger partial charge in [-0.2, -0.15) is 9.97 Å². The maximum Gasteiger partial charge on any atom is 0.224 e. The van der Waals surface area contributed by atoms with Gasteiger partial charge < -0.3 is 20.8 Å². The molecule has 0 radical (unpaired) electrons. The molecule has 0 atom stereocenters. The number of aromatic amines is 1. The Kier molecular flexibility index (Phi) is 3.55. The van der Waals surface area contributed by atoms with Crippen LogP contribution in [-0.2, 0) is 0 Å². The molecule has 2 heterocycles. The summed E-state index contributed by atoms with van der Waals surface area (Å²) in [4.78, 5) is 15.3. The lowest BCUT2D eigenvalue weighted by Gasteiger charge is -2.09. The van der Waals surface area contributed by atoms with Crippen molar-refractivity contribution in [1.29, 1.82) is 0 Å². The maximum atomic E-state index is 5.67. The number of ether oxygens (including phenoxy) is 1. The zero-order chi connectivity index (χ0) is 14.7. The number of hydrogen-bond donors (Lipinski definition) is 3. The number of H-pyrrole nitrogens is 1. The van der Waals surface area contributed by atoms with Crippen molar-refractivity contribution in [3.05, 3.63) is 36.2 Å². The van der Waals surface area contributed by atoms with Crippen LogP contribution in [0.25, 0.3) is 11.2 Å². The molecule has 0 saturated heterocycles. The van der Waals surface area contributed by atoms with Gasteiger partial charge in [0.15, 0.2) is 11.5 Å². The Labute approximate surface area is 121 Å². The van der Waals surface area contributed by atoms with E-state index in [9.17, 15) is 0 Å². The van der Waals surface area contributed by atoms with Crippen molar-refractivity contribution in [2.75, 3.05) is 24.2 Å². The van der Waals surface area contributed by atoms with E-state index in [-0.39, 0.29) is 5.95 Å². The van der Waals surface area contributed by atoms with E-state index >= 15 is 0 Å². The summed E-state index contributed by atoms with van der Waals surface area (Å²) < 4.78 is 5.67. The third kappa shape index (κ3) is 3.02. The fourth-order valence-electron chi connectivity index (χ4n) is 2.02. The van der Waals surface area contributed by atoms with Crippen molar-refractivity contribution < 1.29 is 4.74 Å². The highest BCUT2D eigenvalue weighted by Crippen LogP contribution is 2.17. The van der Waals surface area contributed by atoms with Crippen molar-refractivity contribution >= 4 is 22.9 Å². The van der Waals surface area contributed by atoms with E-state index < -0.39 is 0 Å². The Morgan fingerprint density at radius 1 is 1.33 bits per heavy atom. The molecule has 0 aliphatic carbocycles. The van der Waals surface area contributed by atoms with Gasteiger partial charge in [-0.3, -0.25) is 0 Å². The fraction of sp³-hybridized carbons (Fsp3) is 0.214. The molecule has 4 N–H and O–H groups in total. The minimum atomic E-state index is 0.191. The summed E-state index contributed by atoms with van der Waals surface area (Å²) in [5.74, 6) is 1.67. The molecule has 0 amide bonds. The van der Waals surface area contributed by atoms with Crippen LogP contribution in [0.1, 0.15) is 5.56 Å².